The highest BCUT2D eigenvalue weighted by atomic mass is 19.4. The molecule has 2 unspecified atom stereocenters. The molecule has 0 fully saturated rings. The maximum Gasteiger partial charge on any atom is 0.416 e. The Balaban J connectivity index is 2.84. The molecule has 0 saturated carbocycles. The van der Waals surface area contributed by atoms with Gasteiger partial charge in [0.25, 0.3) is 5.91 Å². The second kappa shape index (κ2) is 11.6. The normalized spacial score (nSPS) is 14.5. The Bertz CT molecular complexity index is 633. The van der Waals surface area contributed by atoms with Crippen LogP contribution in [0.1, 0.15) is 42.6 Å². The molecule has 1 aromatic rings. The number of nitrogens with one attached hydrogen (secondary N) is 2. The molecule has 1 aromatic carbocycles. The monoisotopic (exact) mass is 403 g/mol. The van der Waals surface area contributed by atoms with Crippen molar-refractivity contribution in [2.75, 3.05) is 19.8 Å². The number of carbonyl (C=O) groups is 1. The fourth-order valence-corrected chi connectivity index (χ4v) is 2.25. The van der Waals surface area contributed by atoms with Gasteiger partial charge in [-0.25, -0.2) is 0 Å². The van der Waals surface area contributed by atoms with E-state index in [2.05, 4.69) is 15.6 Å². The van der Waals surface area contributed by atoms with Crippen molar-refractivity contribution < 1.29 is 22.7 Å². The van der Waals surface area contributed by atoms with Crippen LogP contribution >= 0.6 is 0 Å². The minimum absolute atomic E-state index is 0.0316. The number of alkyl halides is 3. The lowest BCUT2D eigenvalue weighted by atomic mass is 10.1. The molecular weight excluding hydrogens is 375 g/mol. The molecule has 0 aliphatic carbocycles. The number of aliphatic imine (C=N–C) groups is 1. The van der Waals surface area contributed by atoms with E-state index in [9.17, 15) is 18.0 Å². The van der Waals surface area contributed by atoms with Crippen LogP contribution in [-0.4, -0.2) is 43.8 Å². The van der Waals surface area contributed by atoms with Crippen molar-refractivity contribution in [3.05, 3.63) is 35.4 Å². The molecule has 28 heavy (non-hydrogen) atoms. The summed E-state index contributed by atoms with van der Waals surface area (Å²) in [5.74, 6) is -0.559. The van der Waals surface area contributed by atoms with Crippen LogP contribution in [0.2, 0.25) is 0 Å². The molecule has 0 aliphatic rings. The number of halogens is 3. The third kappa shape index (κ3) is 9.16. The number of hydrogen-bond donors (Lipinski definition) is 4. The highest BCUT2D eigenvalue weighted by Crippen LogP contribution is 2.29. The lowest BCUT2D eigenvalue weighted by Gasteiger charge is -2.19. The van der Waals surface area contributed by atoms with E-state index in [1.54, 1.807) is 6.92 Å². The number of ether oxygens (including phenoxy) is 1. The predicted octanol–water partition coefficient (Wildman–Crippen LogP) is 1.83. The number of guanidine groups is 1. The second-order valence-corrected chi connectivity index (χ2v) is 6.28. The summed E-state index contributed by atoms with van der Waals surface area (Å²) in [7, 11) is 0. The van der Waals surface area contributed by atoms with Gasteiger partial charge in [0.2, 0.25) is 5.96 Å². The van der Waals surface area contributed by atoms with Crippen LogP contribution in [-0.2, 0) is 10.9 Å². The number of nitrogens with zero attached hydrogens (tertiary/aromatic N) is 1. The van der Waals surface area contributed by atoms with Crippen LogP contribution in [0, 0.1) is 0 Å². The Hall–Kier alpha value is -2.17. The van der Waals surface area contributed by atoms with Crippen LogP contribution in [0.3, 0.4) is 0 Å². The molecule has 6 N–H and O–H groups in total. The number of nitrogens with two attached hydrogens (primary N) is 2. The van der Waals surface area contributed by atoms with E-state index in [0.29, 0.717) is 32.6 Å². The smallest absolute Gasteiger partial charge is 0.382 e. The van der Waals surface area contributed by atoms with Crippen molar-refractivity contribution in [1.82, 2.24) is 10.6 Å². The summed E-state index contributed by atoms with van der Waals surface area (Å²) >= 11 is 0. The quantitative estimate of drug-likeness (QED) is 0.216. The Kier molecular flexibility index (Phi) is 9.91. The Labute approximate surface area is 162 Å². The van der Waals surface area contributed by atoms with Crippen LogP contribution in [0.5, 0.6) is 0 Å². The lowest BCUT2D eigenvalue weighted by Crippen LogP contribution is -2.50. The third-order valence-electron chi connectivity index (χ3n) is 3.58. The van der Waals surface area contributed by atoms with Gasteiger partial charge in [-0.1, -0.05) is 0 Å². The zero-order chi connectivity index (χ0) is 21.2. The van der Waals surface area contributed by atoms with Gasteiger partial charge in [-0.15, -0.1) is 0 Å². The first-order chi connectivity index (χ1) is 13.1. The minimum Gasteiger partial charge on any atom is -0.382 e. The van der Waals surface area contributed by atoms with E-state index in [-0.39, 0.29) is 17.6 Å². The maximum absolute atomic E-state index is 12.6. The Morgan fingerprint density at radius 2 is 1.89 bits per heavy atom. The topological polar surface area (TPSA) is 115 Å². The molecule has 1 rings (SSSR count). The zero-order valence-electron chi connectivity index (χ0n) is 16.1. The van der Waals surface area contributed by atoms with Gasteiger partial charge in [0, 0.05) is 31.4 Å². The van der Waals surface area contributed by atoms with E-state index in [0.717, 1.165) is 24.3 Å². The number of amides is 1. The van der Waals surface area contributed by atoms with Gasteiger partial charge < -0.3 is 26.8 Å². The SMILES string of the molecule is CCOCCCN/C(=N/C(=O)c1ccc(C(F)(F)F)cc1)NC(N)CC(C)N. The molecule has 0 spiro atoms. The predicted molar refractivity (Wildman–Crippen MR) is 102 cm³/mol. The number of hydrogen-bond acceptors (Lipinski definition) is 4. The van der Waals surface area contributed by atoms with Crippen molar-refractivity contribution in [3.8, 4) is 0 Å². The molecule has 0 radical (unpaired) electrons. The summed E-state index contributed by atoms with van der Waals surface area (Å²) in [6.45, 7) is 5.29. The van der Waals surface area contributed by atoms with E-state index in [4.69, 9.17) is 16.2 Å². The molecule has 0 heterocycles. The summed E-state index contributed by atoms with van der Waals surface area (Å²) in [5.41, 5.74) is 10.8. The van der Waals surface area contributed by atoms with Crippen molar-refractivity contribution in [3.63, 3.8) is 0 Å². The summed E-state index contributed by atoms with van der Waals surface area (Å²) in [6, 6.07) is 3.69. The molecule has 1 amide bonds. The fraction of sp³-hybridized carbons (Fsp3) is 0.556. The standard InChI is InChI=1S/C18H28F3N5O2/c1-3-28-10-4-9-24-17(25-15(23)11-12(2)22)26-16(27)13-5-7-14(8-6-13)18(19,20)21/h5-8,12,15H,3-4,9-11,22-23H2,1-2H3,(H2,24,25,26,27). The maximum atomic E-state index is 12.6. The van der Waals surface area contributed by atoms with Crippen molar-refractivity contribution in [2.24, 2.45) is 16.5 Å². The second-order valence-electron chi connectivity index (χ2n) is 6.28. The number of carbonyl (C=O) groups excluding carboxylic acids is 1. The minimum atomic E-state index is -4.47. The van der Waals surface area contributed by atoms with Gasteiger partial charge >= 0.3 is 6.18 Å². The molecule has 0 bridgehead atoms. The first-order valence-electron chi connectivity index (χ1n) is 9.03. The molecule has 7 nitrogen and oxygen atoms in total. The molecule has 2 atom stereocenters. The summed E-state index contributed by atoms with van der Waals surface area (Å²) in [4.78, 5) is 16.2. The van der Waals surface area contributed by atoms with Crippen molar-refractivity contribution >= 4 is 11.9 Å². The third-order valence-corrected chi connectivity index (χ3v) is 3.58. The zero-order valence-corrected chi connectivity index (χ0v) is 16.1. The summed E-state index contributed by atoms with van der Waals surface area (Å²) < 4.78 is 43.2. The van der Waals surface area contributed by atoms with Gasteiger partial charge in [0.1, 0.15) is 0 Å². The van der Waals surface area contributed by atoms with Crippen LogP contribution in [0.4, 0.5) is 13.2 Å². The van der Waals surface area contributed by atoms with E-state index < -0.39 is 23.8 Å². The molecule has 10 heteroatoms. The first-order valence-corrected chi connectivity index (χ1v) is 9.03. The lowest BCUT2D eigenvalue weighted by molar-refractivity contribution is -0.137. The van der Waals surface area contributed by atoms with Gasteiger partial charge in [0.15, 0.2) is 0 Å². The van der Waals surface area contributed by atoms with Crippen LogP contribution in [0.25, 0.3) is 0 Å². The van der Waals surface area contributed by atoms with Gasteiger partial charge in [-0.2, -0.15) is 18.2 Å². The van der Waals surface area contributed by atoms with Crippen LogP contribution in [0.15, 0.2) is 29.3 Å². The van der Waals surface area contributed by atoms with E-state index in [1.807, 2.05) is 6.92 Å². The average molecular weight is 403 g/mol. The molecular formula is C18H28F3N5O2. The van der Waals surface area contributed by atoms with Gasteiger partial charge in [-0.05, 0) is 51.0 Å². The number of benzene rings is 1. The van der Waals surface area contributed by atoms with Crippen molar-refractivity contribution in [1.29, 1.82) is 0 Å². The van der Waals surface area contributed by atoms with Gasteiger partial charge in [0.05, 0.1) is 11.7 Å². The summed E-state index contributed by atoms with van der Waals surface area (Å²) in [6.07, 6.45) is -3.90. The average Bonchev–Trinajstić information content (AvgIpc) is 2.60. The number of rotatable bonds is 9. The van der Waals surface area contributed by atoms with Crippen LogP contribution < -0.4 is 22.1 Å². The molecule has 0 aliphatic heterocycles. The van der Waals surface area contributed by atoms with Gasteiger partial charge in [-0.3, -0.25) is 4.79 Å². The largest absolute Gasteiger partial charge is 0.416 e. The molecule has 158 valence electrons. The fourth-order valence-electron chi connectivity index (χ4n) is 2.25. The van der Waals surface area contributed by atoms with Crippen molar-refractivity contribution in [2.45, 2.75) is 45.1 Å². The Morgan fingerprint density at radius 3 is 2.43 bits per heavy atom. The summed E-state index contributed by atoms with van der Waals surface area (Å²) in [5, 5.41) is 5.83. The highest BCUT2D eigenvalue weighted by Gasteiger charge is 2.30. The molecule has 0 aromatic heterocycles. The first kappa shape index (κ1) is 23.9. The van der Waals surface area contributed by atoms with E-state index >= 15 is 0 Å². The molecule has 0 saturated heterocycles. The highest BCUT2D eigenvalue weighted by molar-refractivity contribution is 6.02. The van der Waals surface area contributed by atoms with E-state index in [1.165, 1.54) is 0 Å². The Morgan fingerprint density at radius 1 is 1.25 bits per heavy atom.